The van der Waals surface area contributed by atoms with E-state index in [4.69, 9.17) is 0 Å². The van der Waals surface area contributed by atoms with Crippen LogP contribution in [0.25, 0.3) is 0 Å². The molecule has 1 N–H and O–H groups in total. The molecule has 1 aliphatic heterocycles. The maximum absolute atomic E-state index is 11.4. The van der Waals surface area contributed by atoms with Crippen LogP contribution in [0.1, 0.15) is 18.2 Å². The van der Waals surface area contributed by atoms with Gasteiger partial charge in [0.25, 0.3) is 0 Å². The van der Waals surface area contributed by atoms with Crippen LogP contribution in [0.5, 0.6) is 0 Å². The van der Waals surface area contributed by atoms with Crippen molar-refractivity contribution in [2.75, 3.05) is 16.8 Å². The molecule has 88 valence electrons. The number of rotatable bonds is 3. The van der Waals surface area contributed by atoms with Gasteiger partial charge in [-0.15, -0.1) is 0 Å². The lowest BCUT2D eigenvalue weighted by molar-refractivity contribution is -0.105. The minimum Gasteiger partial charge on any atom is -0.314 e. The van der Waals surface area contributed by atoms with Gasteiger partial charge in [-0.2, -0.15) is 5.10 Å². The normalized spacial score (nSPS) is 23.2. The Morgan fingerprint density at radius 1 is 1.62 bits per heavy atom. The van der Waals surface area contributed by atoms with Gasteiger partial charge in [0.05, 0.1) is 23.2 Å². The molecule has 7 heteroatoms. The van der Waals surface area contributed by atoms with E-state index in [1.165, 1.54) is 0 Å². The minimum absolute atomic E-state index is 0.0989. The summed E-state index contributed by atoms with van der Waals surface area (Å²) in [6.45, 7) is 1.80. The Hall–Kier alpha value is -1.37. The number of aromatic nitrogens is 2. The predicted molar refractivity (Wildman–Crippen MR) is 59.0 cm³/mol. The highest BCUT2D eigenvalue weighted by Crippen LogP contribution is 2.26. The Kier molecular flexibility index (Phi) is 2.71. The molecule has 0 spiro atoms. The zero-order chi connectivity index (χ0) is 11.8. The first-order chi connectivity index (χ1) is 7.52. The summed E-state index contributed by atoms with van der Waals surface area (Å²) >= 11 is 0. The number of nitrogens with one attached hydrogen (secondary N) is 1. The first kappa shape index (κ1) is 11.1. The zero-order valence-electron chi connectivity index (χ0n) is 8.88. The van der Waals surface area contributed by atoms with Crippen LogP contribution in [-0.2, 0) is 14.6 Å². The molecule has 1 saturated heterocycles. The summed E-state index contributed by atoms with van der Waals surface area (Å²) in [5.41, 5.74) is 0.758. The highest BCUT2D eigenvalue weighted by Gasteiger charge is 2.31. The fourth-order valence-electron chi connectivity index (χ4n) is 1.93. The van der Waals surface area contributed by atoms with E-state index in [0.717, 1.165) is 5.69 Å². The SMILES string of the molecule is Cc1cc(NC=O)n([C@H]2CCS(=O)(=O)C2)n1. The first-order valence-electron chi connectivity index (χ1n) is 4.98. The van der Waals surface area contributed by atoms with Gasteiger partial charge in [0, 0.05) is 6.07 Å². The molecule has 0 radical (unpaired) electrons. The highest BCUT2D eigenvalue weighted by atomic mass is 32.2. The van der Waals surface area contributed by atoms with E-state index in [1.807, 2.05) is 0 Å². The summed E-state index contributed by atoms with van der Waals surface area (Å²) in [5.74, 6) is 0.841. The van der Waals surface area contributed by atoms with E-state index in [0.29, 0.717) is 18.6 Å². The highest BCUT2D eigenvalue weighted by molar-refractivity contribution is 7.91. The number of carbonyl (C=O) groups is 1. The third kappa shape index (κ3) is 2.08. The fourth-order valence-corrected chi connectivity index (χ4v) is 3.62. The van der Waals surface area contributed by atoms with E-state index in [-0.39, 0.29) is 17.5 Å². The fraction of sp³-hybridized carbons (Fsp3) is 0.556. The van der Waals surface area contributed by atoms with Crippen molar-refractivity contribution in [1.82, 2.24) is 9.78 Å². The van der Waals surface area contributed by atoms with Gasteiger partial charge in [-0.3, -0.25) is 4.79 Å². The second-order valence-electron chi connectivity index (χ2n) is 3.93. The third-order valence-electron chi connectivity index (χ3n) is 2.62. The minimum atomic E-state index is -2.94. The Labute approximate surface area is 93.6 Å². The Balaban J connectivity index is 2.30. The largest absolute Gasteiger partial charge is 0.314 e. The van der Waals surface area contributed by atoms with Gasteiger partial charge >= 0.3 is 0 Å². The van der Waals surface area contributed by atoms with Gasteiger partial charge in [-0.1, -0.05) is 0 Å². The van der Waals surface area contributed by atoms with Crippen molar-refractivity contribution in [2.24, 2.45) is 0 Å². The van der Waals surface area contributed by atoms with Gasteiger partial charge in [0.2, 0.25) is 6.41 Å². The Morgan fingerprint density at radius 2 is 2.38 bits per heavy atom. The average molecular weight is 243 g/mol. The average Bonchev–Trinajstić information content (AvgIpc) is 2.70. The molecule has 0 aliphatic carbocycles. The quantitative estimate of drug-likeness (QED) is 0.764. The van der Waals surface area contributed by atoms with E-state index < -0.39 is 9.84 Å². The zero-order valence-corrected chi connectivity index (χ0v) is 9.70. The molecule has 6 nitrogen and oxygen atoms in total. The standard InChI is InChI=1S/C9H13N3O3S/c1-7-4-9(10-6-13)12(11-7)8-2-3-16(14,15)5-8/h4,6,8H,2-3,5H2,1H3,(H,10,13)/t8-/m0/s1. The molecule has 0 unspecified atom stereocenters. The molecular weight excluding hydrogens is 230 g/mol. The Bertz CT molecular complexity index is 506. The van der Waals surface area contributed by atoms with Crippen molar-refractivity contribution in [2.45, 2.75) is 19.4 Å². The van der Waals surface area contributed by atoms with Gasteiger partial charge in [0.15, 0.2) is 9.84 Å². The van der Waals surface area contributed by atoms with Crippen LogP contribution in [0.4, 0.5) is 5.82 Å². The smallest absolute Gasteiger partial charge is 0.212 e. The second-order valence-corrected chi connectivity index (χ2v) is 6.16. The van der Waals surface area contributed by atoms with E-state index in [9.17, 15) is 13.2 Å². The molecule has 0 aromatic carbocycles. The summed E-state index contributed by atoms with van der Waals surface area (Å²) < 4.78 is 24.3. The monoisotopic (exact) mass is 243 g/mol. The van der Waals surface area contributed by atoms with E-state index in [1.54, 1.807) is 17.7 Å². The molecule has 2 rings (SSSR count). The summed E-state index contributed by atoms with van der Waals surface area (Å²) in [4.78, 5) is 10.4. The second kappa shape index (κ2) is 3.89. The molecule has 0 saturated carbocycles. The van der Waals surface area contributed by atoms with Crippen molar-refractivity contribution >= 4 is 22.1 Å². The first-order valence-corrected chi connectivity index (χ1v) is 6.81. The maximum atomic E-state index is 11.4. The van der Waals surface area contributed by atoms with Crippen molar-refractivity contribution in [3.05, 3.63) is 11.8 Å². The van der Waals surface area contributed by atoms with Crippen LogP contribution in [0, 0.1) is 6.92 Å². The van der Waals surface area contributed by atoms with Crippen molar-refractivity contribution in [3.8, 4) is 0 Å². The number of anilines is 1. The molecule has 1 fully saturated rings. The third-order valence-corrected chi connectivity index (χ3v) is 4.37. The van der Waals surface area contributed by atoms with Crippen molar-refractivity contribution in [3.63, 3.8) is 0 Å². The van der Waals surface area contributed by atoms with E-state index in [2.05, 4.69) is 10.4 Å². The maximum Gasteiger partial charge on any atom is 0.212 e. The molecule has 1 aliphatic rings. The van der Waals surface area contributed by atoms with Crippen LogP contribution in [0.2, 0.25) is 0 Å². The number of amides is 1. The van der Waals surface area contributed by atoms with Crippen LogP contribution >= 0.6 is 0 Å². The lowest BCUT2D eigenvalue weighted by atomic mass is 10.3. The van der Waals surface area contributed by atoms with Gasteiger partial charge in [-0.25, -0.2) is 13.1 Å². The molecule has 16 heavy (non-hydrogen) atoms. The summed E-state index contributed by atoms with van der Waals surface area (Å²) in [6, 6.07) is 1.56. The molecule has 1 aromatic heterocycles. The number of nitrogens with zero attached hydrogens (tertiary/aromatic N) is 2. The van der Waals surface area contributed by atoms with Gasteiger partial charge in [-0.05, 0) is 13.3 Å². The predicted octanol–water partition coefficient (Wildman–Crippen LogP) is 0.119. The molecule has 0 bridgehead atoms. The number of hydrogen-bond donors (Lipinski definition) is 1. The lowest BCUT2D eigenvalue weighted by Crippen LogP contribution is -2.15. The number of aryl methyl sites for hydroxylation is 1. The summed E-state index contributed by atoms with van der Waals surface area (Å²) in [6.07, 6.45) is 1.12. The topological polar surface area (TPSA) is 81.1 Å². The molecule has 1 aromatic rings. The van der Waals surface area contributed by atoms with E-state index >= 15 is 0 Å². The van der Waals surface area contributed by atoms with Gasteiger partial charge in [0.1, 0.15) is 5.82 Å². The van der Waals surface area contributed by atoms with Crippen molar-refractivity contribution in [1.29, 1.82) is 0 Å². The summed E-state index contributed by atoms with van der Waals surface area (Å²) in [5, 5.41) is 6.73. The van der Waals surface area contributed by atoms with Crippen LogP contribution < -0.4 is 5.32 Å². The summed E-state index contributed by atoms with van der Waals surface area (Å²) in [7, 11) is -2.94. The van der Waals surface area contributed by atoms with Crippen LogP contribution in [-0.4, -0.2) is 36.1 Å². The number of sulfone groups is 1. The van der Waals surface area contributed by atoms with Crippen molar-refractivity contribution < 1.29 is 13.2 Å². The molecule has 1 atom stereocenters. The lowest BCUT2D eigenvalue weighted by Gasteiger charge is -2.11. The van der Waals surface area contributed by atoms with Crippen LogP contribution in [0.15, 0.2) is 6.07 Å². The van der Waals surface area contributed by atoms with Crippen LogP contribution in [0.3, 0.4) is 0 Å². The number of hydrogen-bond acceptors (Lipinski definition) is 4. The molecule has 2 heterocycles. The van der Waals surface area contributed by atoms with Gasteiger partial charge < -0.3 is 5.32 Å². The Morgan fingerprint density at radius 3 is 2.94 bits per heavy atom. The molecule has 1 amide bonds. The molecular formula is C9H13N3O3S. The number of carbonyl (C=O) groups excluding carboxylic acids is 1.